The molecule has 4 aromatic rings. The highest BCUT2D eigenvalue weighted by Crippen LogP contribution is 2.27. The van der Waals surface area contributed by atoms with E-state index in [0.29, 0.717) is 18.0 Å². The Hall–Kier alpha value is -4.63. The van der Waals surface area contributed by atoms with Crippen molar-refractivity contribution in [1.29, 1.82) is 0 Å². The number of sulfonamides is 1. The van der Waals surface area contributed by atoms with Crippen molar-refractivity contribution in [2.75, 3.05) is 17.5 Å². The van der Waals surface area contributed by atoms with Gasteiger partial charge >= 0.3 is 0 Å². The van der Waals surface area contributed by atoms with Crippen molar-refractivity contribution in [2.45, 2.75) is 71.0 Å². The van der Waals surface area contributed by atoms with E-state index in [9.17, 15) is 18.0 Å². The molecule has 248 valence electrons. The van der Waals surface area contributed by atoms with Gasteiger partial charge in [0, 0.05) is 19.0 Å². The summed E-state index contributed by atoms with van der Waals surface area (Å²) in [6.45, 7) is 9.71. The average molecular weight is 656 g/mol. The number of anilines is 1. The molecule has 2 amide bonds. The quantitative estimate of drug-likeness (QED) is 0.159. The number of hydrogen-bond acceptors (Lipinski definition) is 5. The van der Waals surface area contributed by atoms with Crippen molar-refractivity contribution < 1.29 is 22.7 Å². The van der Waals surface area contributed by atoms with Crippen LogP contribution in [0.15, 0.2) is 108 Å². The van der Waals surface area contributed by atoms with E-state index in [-0.39, 0.29) is 29.8 Å². The summed E-state index contributed by atoms with van der Waals surface area (Å²) in [4.78, 5) is 30.1. The summed E-state index contributed by atoms with van der Waals surface area (Å²) in [5, 5.41) is 3.07. The molecule has 0 fully saturated rings. The second-order valence-corrected chi connectivity index (χ2v) is 13.6. The number of benzene rings is 4. The SMILES string of the molecule is CCOc1ccc(S(=O)(=O)N(CC(=O)N(Cc2ccc(C)cc2)[C@@H](Cc2ccccc2)C(=O)N[C@@H](C)CC)c2ccc(C)cc2)cc1. The van der Waals surface area contributed by atoms with Crippen LogP contribution in [0.2, 0.25) is 0 Å². The Labute approximate surface area is 279 Å². The highest BCUT2D eigenvalue weighted by Gasteiger charge is 2.35. The Morgan fingerprint density at radius 2 is 1.38 bits per heavy atom. The van der Waals surface area contributed by atoms with E-state index in [4.69, 9.17) is 4.74 Å². The van der Waals surface area contributed by atoms with Gasteiger partial charge in [0.2, 0.25) is 11.8 Å². The zero-order chi connectivity index (χ0) is 34.0. The van der Waals surface area contributed by atoms with Crippen LogP contribution in [0.4, 0.5) is 5.69 Å². The van der Waals surface area contributed by atoms with Crippen LogP contribution in [0.5, 0.6) is 5.75 Å². The van der Waals surface area contributed by atoms with E-state index in [1.54, 1.807) is 24.3 Å². The smallest absolute Gasteiger partial charge is 0.264 e. The lowest BCUT2D eigenvalue weighted by Gasteiger charge is -2.34. The number of aryl methyl sites for hydroxylation is 2. The van der Waals surface area contributed by atoms with E-state index >= 15 is 0 Å². The van der Waals surface area contributed by atoms with E-state index < -0.39 is 28.5 Å². The number of amides is 2. The Morgan fingerprint density at radius 3 is 1.96 bits per heavy atom. The highest BCUT2D eigenvalue weighted by atomic mass is 32.2. The fourth-order valence-electron chi connectivity index (χ4n) is 5.13. The maximum absolute atomic E-state index is 14.6. The molecule has 0 spiro atoms. The van der Waals surface area contributed by atoms with Gasteiger partial charge in [0.1, 0.15) is 18.3 Å². The van der Waals surface area contributed by atoms with Gasteiger partial charge in [0.05, 0.1) is 17.2 Å². The lowest BCUT2D eigenvalue weighted by molar-refractivity contribution is -0.140. The monoisotopic (exact) mass is 655 g/mol. The van der Waals surface area contributed by atoms with Gasteiger partial charge in [0.15, 0.2) is 0 Å². The predicted octanol–water partition coefficient (Wildman–Crippen LogP) is 6.45. The maximum atomic E-state index is 14.6. The summed E-state index contributed by atoms with van der Waals surface area (Å²) < 4.78 is 35.2. The second-order valence-electron chi connectivity index (χ2n) is 11.8. The van der Waals surface area contributed by atoms with Crippen molar-refractivity contribution in [3.63, 3.8) is 0 Å². The minimum Gasteiger partial charge on any atom is -0.494 e. The molecule has 1 N–H and O–H groups in total. The molecule has 0 radical (unpaired) electrons. The van der Waals surface area contributed by atoms with Gasteiger partial charge in [-0.25, -0.2) is 8.42 Å². The van der Waals surface area contributed by atoms with Crippen LogP contribution >= 0.6 is 0 Å². The number of rotatable bonds is 15. The van der Waals surface area contributed by atoms with Gasteiger partial charge in [-0.05, 0) is 81.6 Å². The molecule has 0 bridgehead atoms. The molecule has 0 aliphatic carbocycles. The molecule has 4 aromatic carbocycles. The van der Waals surface area contributed by atoms with Gasteiger partial charge in [0.25, 0.3) is 10.0 Å². The zero-order valence-corrected chi connectivity index (χ0v) is 28.7. The maximum Gasteiger partial charge on any atom is 0.264 e. The fraction of sp³-hybridized carbons (Fsp3) is 0.316. The van der Waals surface area contributed by atoms with Gasteiger partial charge in [-0.2, -0.15) is 0 Å². The third-order valence-electron chi connectivity index (χ3n) is 8.07. The van der Waals surface area contributed by atoms with E-state index in [2.05, 4.69) is 5.32 Å². The van der Waals surface area contributed by atoms with Crippen LogP contribution in [-0.2, 0) is 32.6 Å². The summed E-state index contributed by atoms with van der Waals surface area (Å²) >= 11 is 0. The molecule has 0 saturated heterocycles. The number of hydrogen-bond donors (Lipinski definition) is 1. The summed E-state index contributed by atoms with van der Waals surface area (Å²) in [5.74, 6) is -0.245. The van der Waals surface area contributed by atoms with Crippen LogP contribution in [0, 0.1) is 13.8 Å². The van der Waals surface area contributed by atoms with Crippen LogP contribution in [0.3, 0.4) is 0 Å². The number of ether oxygens (including phenoxy) is 1. The molecule has 8 nitrogen and oxygen atoms in total. The van der Waals surface area contributed by atoms with Gasteiger partial charge < -0.3 is 15.0 Å². The molecular weight excluding hydrogens is 611 g/mol. The molecule has 0 aliphatic rings. The molecule has 0 heterocycles. The summed E-state index contributed by atoms with van der Waals surface area (Å²) in [7, 11) is -4.20. The molecule has 9 heteroatoms. The van der Waals surface area contributed by atoms with Crippen molar-refractivity contribution in [1.82, 2.24) is 10.2 Å². The van der Waals surface area contributed by atoms with E-state index in [1.165, 1.54) is 17.0 Å². The van der Waals surface area contributed by atoms with Gasteiger partial charge in [-0.15, -0.1) is 0 Å². The molecular formula is C38H45N3O5S. The Bertz CT molecular complexity index is 1710. The van der Waals surface area contributed by atoms with Crippen molar-refractivity contribution in [2.24, 2.45) is 0 Å². The topological polar surface area (TPSA) is 96.0 Å². The number of carbonyl (C=O) groups is 2. The van der Waals surface area contributed by atoms with Crippen LogP contribution in [-0.4, -0.2) is 50.4 Å². The molecule has 0 unspecified atom stereocenters. The lowest BCUT2D eigenvalue weighted by atomic mass is 10.0. The Morgan fingerprint density at radius 1 is 0.787 bits per heavy atom. The first-order valence-corrected chi connectivity index (χ1v) is 17.5. The molecule has 2 atom stereocenters. The molecule has 0 aromatic heterocycles. The van der Waals surface area contributed by atoms with Crippen molar-refractivity contribution in [3.8, 4) is 5.75 Å². The standard InChI is InChI=1S/C38H45N3O5S/c1-6-30(5)39-38(43)36(25-31-11-9-8-10-12-31)40(26-32-17-13-28(3)14-18-32)37(42)27-41(33-19-15-29(4)16-20-33)47(44,45)35-23-21-34(22-24-35)46-7-2/h8-24,30,36H,6-7,25-27H2,1-5H3,(H,39,43)/t30-,36-/m0/s1. The summed E-state index contributed by atoms with van der Waals surface area (Å²) in [6.07, 6.45) is 0.980. The van der Waals surface area contributed by atoms with E-state index in [0.717, 1.165) is 33.0 Å². The van der Waals surface area contributed by atoms with Gasteiger partial charge in [-0.3, -0.25) is 13.9 Å². The minimum absolute atomic E-state index is 0.0229. The largest absolute Gasteiger partial charge is 0.494 e. The number of nitrogens with zero attached hydrogens (tertiary/aromatic N) is 2. The third kappa shape index (κ3) is 9.45. The van der Waals surface area contributed by atoms with E-state index in [1.807, 2.05) is 101 Å². The van der Waals surface area contributed by atoms with Crippen LogP contribution < -0.4 is 14.4 Å². The average Bonchev–Trinajstić information content (AvgIpc) is 3.07. The summed E-state index contributed by atoms with van der Waals surface area (Å²) in [5.41, 5.74) is 4.07. The summed E-state index contributed by atoms with van der Waals surface area (Å²) in [6, 6.07) is 29.5. The first-order valence-electron chi connectivity index (χ1n) is 16.0. The molecule has 0 aliphatic heterocycles. The highest BCUT2D eigenvalue weighted by molar-refractivity contribution is 7.92. The molecule has 4 rings (SSSR count). The predicted molar refractivity (Wildman–Crippen MR) is 187 cm³/mol. The zero-order valence-electron chi connectivity index (χ0n) is 27.8. The van der Waals surface area contributed by atoms with Gasteiger partial charge in [-0.1, -0.05) is 84.8 Å². The number of carbonyl (C=O) groups excluding carboxylic acids is 2. The minimum atomic E-state index is -4.20. The fourth-order valence-corrected chi connectivity index (χ4v) is 6.54. The lowest BCUT2D eigenvalue weighted by Crippen LogP contribution is -2.54. The third-order valence-corrected chi connectivity index (χ3v) is 9.86. The first-order chi connectivity index (χ1) is 22.5. The van der Waals surface area contributed by atoms with Crippen LogP contribution in [0.1, 0.15) is 49.4 Å². The Balaban J connectivity index is 1.79. The first kappa shape index (κ1) is 35.2. The van der Waals surface area contributed by atoms with Crippen molar-refractivity contribution in [3.05, 3.63) is 125 Å². The molecule has 47 heavy (non-hydrogen) atoms. The Kier molecular flexibility index (Phi) is 12.2. The normalized spacial score (nSPS) is 12.5. The molecule has 0 saturated carbocycles. The van der Waals surface area contributed by atoms with Crippen molar-refractivity contribution >= 4 is 27.5 Å². The van der Waals surface area contributed by atoms with Crippen LogP contribution in [0.25, 0.3) is 0 Å². The second kappa shape index (κ2) is 16.3. The number of nitrogens with one attached hydrogen (secondary N) is 1.